The molecule has 2 rings (SSSR count). The Labute approximate surface area is 101 Å². The van der Waals surface area contributed by atoms with Gasteiger partial charge in [0.05, 0.1) is 11.0 Å². The summed E-state index contributed by atoms with van der Waals surface area (Å²) in [4.78, 5) is 9.56. The summed E-state index contributed by atoms with van der Waals surface area (Å²) in [5.41, 5.74) is -2.35. The van der Waals surface area contributed by atoms with E-state index < -0.39 is 22.5 Å². The minimum absolute atomic E-state index is 0.0579. The Morgan fingerprint density at radius 2 is 2.06 bits per heavy atom. The highest BCUT2D eigenvalue weighted by molar-refractivity contribution is 14.1. The van der Waals surface area contributed by atoms with Crippen LogP contribution in [-0.4, -0.2) is 14.7 Å². The second-order valence-electron chi connectivity index (χ2n) is 3.42. The predicted octanol–water partition coefficient (Wildman–Crippen LogP) is 2.75. The molecule has 1 saturated carbocycles. The molecule has 0 saturated heterocycles. The maximum absolute atomic E-state index is 12.5. The van der Waals surface area contributed by atoms with Gasteiger partial charge in [0.25, 0.3) is 0 Å². The maximum Gasteiger partial charge on any atom is 0.442 e. The summed E-state index contributed by atoms with van der Waals surface area (Å²) in [7, 11) is 0. The van der Waals surface area contributed by atoms with Crippen LogP contribution < -0.4 is 0 Å². The smallest absolute Gasteiger partial charge is 0.258 e. The summed E-state index contributed by atoms with van der Waals surface area (Å²) in [5, 5.41) is 13.9. The van der Waals surface area contributed by atoms with Crippen LogP contribution in [0.2, 0.25) is 0 Å². The summed E-state index contributed by atoms with van der Waals surface area (Å²) in [5.74, 6) is 0. The average molecular weight is 347 g/mol. The topological polar surface area (TPSA) is 61.0 Å². The highest BCUT2D eigenvalue weighted by atomic mass is 127. The van der Waals surface area contributed by atoms with Gasteiger partial charge in [0.15, 0.2) is 3.70 Å². The lowest BCUT2D eigenvalue weighted by atomic mass is 10.4. The Balaban J connectivity index is 2.58. The molecule has 0 aromatic carbocycles. The van der Waals surface area contributed by atoms with Crippen molar-refractivity contribution in [1.82, 2.24) is 9.78 Å². The van der Waals surface area contributed by atoms with E-state index in [1.54, 1.807) is 0 Å². The molecule has 0 aliphatic heterocycles. The molecule has 0 bridgehead atoms. The van der Waals surface area contributed by atoms with E-state index in [4.69, 9.17) is 0 Å². The van der Waals surface area contributed by atoms with Gasteiger partial charge in [-0.2, -0.15) is 18.3 Å². The maximum atomic E-state index is 12.5. The van der Waals surface area contributed by atoms with Crippen LogP contribution in [0.25, 0.3) is 0 Å². The van der Waals surface area contributed by atoms with E-state index in [0.717, 1.165) is 4.68 Å². The van der Waals surface area contributed by atoms with Crippen molar-refractivity contribution in [3.63, 3.8) is 0 Å². The molecule has 9 heteroatoms. The molecule has 88 valence electrons. The third-order valence-electron chi connectivity index (χ3n) is 2.17. The first-order chi connectivity index (χ1) is 7.32. The number of rotatable bonds is 2. The van der Waals surface area contributed by atoms with E-state index in [-0.39, 0.29) is 9.74 Å². The molecule has 5 nitrogen and oxygen atoms in total. The first-order valence-electron chi connectivity index (χ1n) is 4.32. The van der Waals surface area contributed by atoms with Crippen molar-refractivity contribution in [2.75, 3.05) is 0 Å². The van der Waals surface area contributed by atoms with Crippen LogP contribution in [0.5, 0.6) is 0 Å². The van der Waals surface area contributed by atoms with Crippen molar-refractivity contribution in [2.45, 2.75) is 25.1 Å². The quantitative estimate of drug-likeness (QED) is 0.470. The van der Waals surface area contributed by atoms with Crippen molar-refractivity contribution in [2.24, 2.45) is 0 Å². The Bertz CT molecular complexity index is 452. The first kappa shape index (κ1) is 11.6. The van der Waals surface area contributed by atoms with Crippen molar-refractivity contribution in [3.05, 3.63) is 19.5 Å². The standard InChI is InChI=1S/C7H5F3IN3O2/c8-7(9,10)5-4(14(15)16)6(11)13(12-5)3-1-2-3/h3H,1-2H2. The highest BCUT2D eigenvalue weighted by Gasteiger charge is 2.46. The van der Waals surface area contributed by atoms with Crippen LogP contribution in [0.1, 0.15) is 24.6 Å². The molecule has 1 aromatic heterocycles. The van der Waals surface area contributed by atoms with Gasteiger partial charge >= 0.3 is 11.9 Å². The van der Waals surface area contributed by atoms with Gasteiger partial charge in [0, 0.05) is 0 Å². The number of nitro groups is 1. The summed E-state index contributed by atoms with van der Waals surface area (Å²) < 4.78 is 38.5. The van der Waals surface area contributed by atoms with E-state index in [1.807, 2.05) is 0 Å². The van der Waals surface area contributed by atoms with Gasteiger partial charge in [-0.05, 0) is 35.4 Å². The molecule has 16 heavy (non-hydrogen) atoms. The lowest BCUT2D eigenvalue weighted by Crippen LogP contribution is -2.09. The van der Waals surface area contributed by atoms with Crippen LogP contribution in [-0.2, 0) is 6.18 Å². The zero-order valence-corrected chi connectivity index (χ0v) is 9.82. The van der Waals surface area contributed by atoms with Crippen LogP contribution in [0.3, 0.4) is 0 Å². The van der Waals surface area contributed by atoms with Gasteiger partial charge in [-0.3, -0.25) is 10.1 Å². The van der Waals surface area contributed by atoms with Crippen LogP contribution in [0.4, 0.5) is 18.9 Å². The summed E-state index contributed by atoms with van der Waals surface area (Å²) in [6.07, 6.45) is -3.36. The highest BCUT2D eigenvalue weighted by Crippen LogP contribution is 2.43. The SMILES string of the molecule is O=[N+]([O-])c1c(C(F)(F)F)nn(C2CC2)c1I. The molecule has 0 unspecified atom stereocenters. The second kappa shape index (κ2) is 3.57. The number of hydrogen-bond acceptors (Lipinski definition) is 3. The zero-order valence-electron chi connectivity index (χ0n) is 7.66. The lowest BCUT2D eigenvalue weighted by molar-refractivity contribution is -0.389. The van der Waals surface area contributed by atoms with Gasteiger partial charge in [-0.25, -0.2) is 4.68 Å². The molecule has 0 spiro atoms. The fourth-order valence-electron chi connectivity index (χ4n) is 1.32. The normalized spacial score (nSPS) is 16.5. The number of nitrogens with zero attached hydrogens (tertiary/aromatic N) is 3. The molecule has 1 aliphatic carbocycles. The summed E-state index contributed by atoms with van der Waals surface area (Å²) >= 11 is 1.53. The van der Waals surface area contributed by atoms with E-state index in [0.29, 0.717) is 12.8 Å². The Kier molecular flexibility index (Phi) is 2.59. The van der Waals surface area contributed by atoms with Crippen LogP contribution >= 0.6 is 22.6 Å². The number of hydrogen-bond donors (Lipinski definition) is 0. The number of halogens is 4. The molecule has 1 fully saturated rings. The zero-order chi connectivity index (χ0) is 12.1. The van der Waals surface area contributed by atoms with Crippen LogP contribution in [0.15, 0.2) is 0 Å². The monoisotopic (exact) mass is 347 g/mol. The van der Waals surface area contributed by atoms with Gasteiger partial charge in [0.1, 0.15) is 0 Å². The van der Waals surface area contributed by atoms with Gasteiger partial charge < -0.3 is 0 Å². The van der Waals surface area contributed by atoms with Gasteiger partial charge in [0.2, 0.25) is 5.69 Å². The largest absolute Gasteiger partial charge is 0.442 e. The molecule has 1 heterocycles. The van der Waals surface area contributed by atoms with Crippen LogP contribution in [0, 0.1) is 13.8 Å². The minimum atomic E-state index is -4.79. The van der Waals surface area contributed by atoms with E-state index in [1.165, 1.54) is 22.6 Å². The van der Waals surface area contributed by atoms with Crippen molar-refractivity contribution < 1.29 is 18.1 Å². The first-order valence-corrected chi connectivity index (χ1v) is 5.40. The van der Waals surface area contributed by atoms with E-state index >= 15 is 0 Å². The number of alkyl halides is 3. The average Bonchev–Trinajstić information content (AvgIpc) is 2.87. The molecule has 1 aromatic rings. The van der Waals surface area contributed by atoms with Crippen molar-refractivity contribution in [3.8, 4) is 0 Å². The molecule has 1 aliphatic rings. The summed E-state index contributed by atoms with van der Waals surface area (Å²) in [6, 6.07) is -0.123. The Morgan fingerprint density at radius 3 is 2.38 bits per heavy atom. The third kappa shape index (κ3) is 1.87. The summed E-state index contributed by atoms with van der Waals surface area (Å²) in [6.45, 7) is 0. The Morgan fingerprint density at radius 1 is 1.50 bits per heavy atom. The Hall–Kier alpha value is -0.870. The molecule has 0 radical (unpaired) electrons. The lowest BCUT2D eigenvalue weighted by Gasteiger charge is -2.00. The van der Waals surface area contributed by atoms with E-state index in [9.17, 15) is 23.3 Å². The molecular formula is C7H5F3IN3O2. The second-order valence-corrected chi connectivity index (χ2v) is 4.44. The third-order valence-corrected chi connectivity index (χ3v) is 3.18. The van der Waals surface area contributed by atoms with E-state index in [2.05, 4.69) is 5.10 Å². The molecular weight excluding hydrogens is 342 g/mol. The predicted molar refractivity (Wildman–Crippen MR) is 54.9 cm³/mol. The minimum Gasteiger partial charge on any atom is -0.258 e. The fourth-order valence-corrected chi connectivity index (χ4v) is 2.27. The van der Waals surface area contributed by atoms with Gasteiger partial charge in [-0.1, -0.05) is 0 Å². The molecule has 0 amide bonds. The van der Waals surface area contributed by atoms with Gasteiger partial charge in [-0.15, -0.1) is 0 Å². The van der Waals surface area contributed by atoms with Crippen molar-refractivity contribution in [1.29, 1.82) is 0 Å². The number of aromatic nitrogens is 2. The molecule has 0 N–H and O–H groups in total. The van der Waals surface area contributed by atoms with Crippen molar-refractivity contribution >= 4 is 28.3 Å². The molecule has 0 atom stereocenters. The fraction of sp³-hybridized carbons (Fsp3) is 0.571.